The lowest BCUT2D eigenvalue weighted by molar-refractivity contribution is -0.388. The first-order valence-corrected chi connectivity index (χ1v) is 7.15. The summed E-state index contributed by atoms with van der Waals surface area (Å²) in [6.45, 7) is 4.43. The van der Waals surface area contributed by atoms with Crippen LogP contribution in [0, 0.1) is 17.0 Å². The van der Waals surface area contributed by atoms with Gasteiger partial charge in [0.05, 0.1) is 4.92 Å². The van der Waals surface area contributed by atoms with Gasteiger partial charge >= 0.3 is 5.69 Å². The normalized spacial score (nSPS) is 10.4. The molecule has 2 aromatic heterocycles. The summed E-state index contributed by atoms with van der Waals surface area (Å²) in [7, 11) is 0. The molecule has 100 valence electrons. The molecule has 2 aromatic rings. The van der Waals surface area contributed by atoms with E-state index in [2.05, 4.69) is 20.3 Å². The maximum atomic E-state index is 11.0. The summed E-state index contributed by atoms with van der Waals surface area (Å²) >= 11 is 2.61. The van der Waals surface area contributed by atoms with E-state index < -0.39 is 4.92 Å². The van der Waals surface area contributed by atoms with Gasteiger partial charge in [-0.25, -0.2) is 9.97 Å². The highest BCUT2D eigenvalue weighted by Gasteiger charge is 2.19. The summed E-state index contributed by atoms with van der Waals surface area (Å²) in [6.07, 6.45) is 1.22. The van der Waals surface area contributed by atoms with Crippen LogP contribution in [0.25, 0.3) is 0 Å². The average molecular weight is 297 g/mol. The predicted molar refractivity (Wildman–Crippen MR) is 73.8 cm³/mol. The number of hydrogen-bond acceptors (Lipinski definition) is 8. The van der Waals surface area contributed by atoms with Crippen molar-refractivity contribution in [1.82, 2.24) is 15.0 Å². The minimum Gasteiger partial charge on any atom is -0.354 e. The number of nitrogens with one attached hydrogen (secondary N) is 1. The molecule has 0 spiro atoms. The van der Waals surface area contributed by atoms with Gasteiger partial charge in [0, 0.05) is 17.6 Å². The summed E-state index contributed by atoms with van der Waals surface area (Å²) in [6, 6.07) is 0. The SMILES string of the molecule is CCNc1ncc([N+](=O)[O-])c(Sc2nc(C)cs2)n1. The van der Waals surface area contributed by atoms with Crippen molar-refractivity contribution in [2.75, 3.05) is 11.9 Å². The Hall–Kier alpha value is -1.74. The quantitative estimate of drug-likeness (QED) is 0.515. The van der Waals surface area contributed by atoms with Gasteiger partial charge in [0.15, 0.2) is 9.37 Å². The third-order valence-corrected chi connectivity index (χ3v) is 4.10. The Kier molecular flexibility index (Phi) is 4.27. The second kappa shape index (κ2) is 5.93. The first kappa shape index (κ1) is 13.7. The zero-order chi connectivity index (χ0) is 13.8. The van der Waals surface area contributed by atoms with Gasteiger partial charge in [-0.1, -0.05) is 0 Å². The van der Waals surface area contributed by atoms with Crippen LogP contribution in [-0.2, 0) is 0 Å². The molecule has 0 unspecified atom stereocenters. The molecular weight excluding hydrogens is 286 g/mol. The van der Waals surface area contributed by atoms with Gasteiger partial charge in [-0.05, 0) is 25.6 Å². The lowest BCUT2D eigenvalue weighted by Gasteiger charge is -2.03. The van der Waals surface area contributed by atoms with E-state index in [0.717, 1.165) is 10.0 Å². The van der Waals surface area contributed by atoms with Crippen LogP contribution in [0.5, 0.6) is 0 Å². The Morgan fingerprint density at radius 2 is 2.32 bits per heavy atom. The molecule has 19 heavy (non-hydrogen) atoms. The Bertz CT molecular complexity index is 601. The van der Waals surface area contributed by atoms with Crippen LogP contribution in [0.4, 0.5) is 11.6 Å². The number of nitrogens with zero attached hydrogens (tertiary/aromatic N) is 4. The summed E-state index contributed by atoms with van der Waals surface area (Å²) < 4.78 is 0.724. The summed E-state index contributed by atoms with van der Waals surface area (Å²) in [4.78, 5) is 22.8. The van der Waals surface area contributed by atoms with Crippen molar-refractivity contribution in [2.45, 2.75) is 23.2 Å². The molecule has 0 atom stereocenters. The lowest BCUT2D eigenvalue weighted by Crippen LogP contribution is -2.04. The third-order valence-electron chi connectivity index (χ3n) is 2.05. The number of aryl methyl sites for hydroxylation is 1. The lowest BCUT2D eigenvalue weighted by atomic mass is 10.5. The molecule has 2 rings (SSSR count). The van der Waals surface area contributed by atoms with Gasteiger partial charge in [0.2, 0.25) is 5.95 Å². The molecule has 0 radical (unpaired) electrons. The van der Waals surface area contributed by atoms with Crippen molar-refractivity contribution in [3.8, 4) is 0 Å². The van der Waals surface area contributed by atoms with Crippen LogP contribution in [-0.4, -0.2) is 26.4 Å². The second-order valence-corrected chi connectivity index (χ2v) is 5.62. The van der Waals surface area contributed by atoms with Crippen molar-refractivity contribution in [3.63, 3.8) is 0 Å². The molecule has 0 fully saturated rings. The zero-order valence-electron chi connectivity index (χ0n) is 10.3. The molecule has 0 saturated carbocycles. The molecule has 0 aliphatic rings. The monoisotopic (exact) mass is 297 g/mol. The van der Waals surface area contributed by atoms with E-state index in [4.69, 9.17) is 0 Å². The Morgan fingerprint density at radius 1 is 1.53 bits per heavy atom. The molecular formula is C10H11N5O2S2. The van der Waals surface area contributed by atoms with Crippen LogP contribution in [0.2, 0.25) is 0 Å². The molecule has 7 nitrogen and oxygen atoms in total. The maximum Gasteiger partial charge on any atom is 0.320 e. The second-order valence-electron chi connectivity index (χ2n) is 3.53. The highest BCUT2D eigenvalue weighted by atomic mass is 32.2. The summed E-state index contributed by atoms with van der Waals surface area (Å²) in [5, 5.41) is 16.1. The number of hydrogen-bond donors (Lipinski definition) is 1. The van der Waals surface area contributed by atoms with E-state index in [1.54, 1.807) is 0 Å². The molecule has 1 N–H and O–H groups in total. The van der Waals surface area contributed by atoms with E-state index in [0.29, 0.717) is 17.5 Å². The maximum absolute atomic E-state index is 11.0. The minimum atomic E-state index is -0.488. The number of nitro groups is 1. The first-order valence-electron chi connectivity index (χ1n) is 5.45. The zero-order valence-corrected chi connectivity index (χ0v) is 11.9. The molecule has 0 aliphatic heterocycles. The third kappa shape index (κ3) is 3.38. The molecule has 9 heteroatoms. The molecule has 0 amide bonds. The van der Waals surface area contributed by atoms with E-state index in [-0.39, 0.29) is 5.69 Å². The number of thiazole rings is 1. The van der Waals surface area contributed by atoms with Crippen LogP contribution in [0.1, 0.15) is 12.6 Å². The highest BCUT2D eigenvalue weighted by molar-refractivity contribution is 8.01. The van der Waals surface area contributed by atoms with Crippen LogP contribution >= 0.6 is 23.1 Å². The molecule has 0 saturated heterocycles. The van der Waals surface area contributed by atoms with Crippen molar-refractivity contribution < 1.29 is 4.92 Å². The fourth-order valence-corrected chi connectivity index (χ4v) is 3.08. The van der Waals surface area contributed by atoms with Crippen LogP contribution < -0.4 is 5.32 Å². The van der Waals surface area contributed by atoms with Gasteiger partial charge in [0.1, 0.15) is 6.20 Å². The van der Waals surface area contributed by atoms with E-state index in [9.17, 15) is 10.1 Å². The largest absolute Gasteiger partial charge is 0.354 e. The molecule has 0 aromatic carbocycles. The van der Waals surface area contributed by atoms with Crippen molar-refractivity contribution in [1.29, 1.82) is 0 Å². The summed E-state index contributed by atoms with van der Waals surface area (Å²) in [5.74, 6) is 0.379. The minimum absolute atomic E-state index is 0.112. The number of aromatic nitrogens is 3. The molecule has 2 heterocycles. The number of rotatable bonds is 5. The average Bonchev–Trinajstić information content (AvgIpc) is 2.75. The van der Waals surface area contributed by atoms with Crippen molar-refractivity contribution >= 4 is 34.7 Å². The molecule has 0 aliphatic carbocycles. The molecule has 0 bridgehead atoms. The highest BCUT2D eigenvalue weighted by Crippen LogP contribution is 2.34. The number of anilines is 1. The fourth-order valence-electron chi connectivity index (χ4n) is 1.27. The van der Waals surface area contributed by atoms with Crippen molar-refractivity contribution in [2.24, 2.45) is 0 Å². The van der Waals surface area contributed by atoms with Gasteiger partial charge in [-0.2, -0.15) is 4.98 Å². The Balaban J connectivity index is 2.34. The Labute approximate surface area is 117 Å². The van der Waals surface area contributed by atoms with Crippen molar-refractivity contribution in [3.05, 3.63) is 27.4 Å². The standard InChI is InChI=1S/C10H11N5O2S2/c1-3-11-9-12-4-7(15(16)17)8(14-9)19-10-13-6(2)5-18-10/h4-5H,3H2,1-2H3,(H,11,12,14). The topological polar surface area (TPSA) is 93.8 Å². The van der Waals surface area contributed by atoms with Gasteiger partial charge < -0.3 is 5.32 Å². The van der Waals surface area contributed by atoms with Crippen LogP contribution in [0.3, 0.4) is 0 Å². The summed E-state index contributed by atoms with van der Waals surface area (Å²) in [5.41, 5.74) is 0.774. The van der Waals surface area contributed by atoms with E-state index in [1.165, 1.54) is 29.3 Å². The first-order chi connectivity index (χ1) is 9.10. The van der Waals surface area contributed by atoms with Gasteiger partial charge in [0.25, 0.3) is 0 Å². The van der Waals surface area contributed by atoms with Gasteiger partial charge in [-0.3, -0.25) is 10.1 Å². The van der Waals surface area contributed by atoms with E-state index in [1.807, 2.05) is 19.2 Å². The fraction of sp³-hybridized carbons (Fsp3) is 0.300. The van der Waals surface area contributed by atoms with E-state index >= 15 is 0 Å². The predicted octanol–water partition coefficient (Wildman–Crippen LogP) is 2.73. The van der Waals surface area contributed by atoms with Gasteiger partial charge in [-0.15, -0.1) is 11.3 Å². The Morgan fingerprint density at radius 3 is 2.89 bits per heavy atom. The van der Waals surface area contributed by atoms with Crippen LogP contribution in [0.15, 0.2) is 20.9 Å². The smallest absolute Gasteiger partial charge is 0.320 e.